The van der Waals surface area contributed by atoms with Gasteiger partial charge in [0.2, 0.25) is 0 Å². The van der Waals surface area contributed by atoms with Crippen LogP contribution in [0.15, 0.2) is 12.2 Å². The highest BCUT2D eigenvalue weighted by atomic mass is 16.5. The van der Waals surface area contributed by atoms with E-state index in [9.17, 15) is 9.59 Å². The summed E-state index contributed by atoms with van der Waals surface area (Å²) in [5, 5.41) is 9.01. The SMILES string of the molecule is COC(=O)[C@H]1[C@H](C(=O)O)[C@@H]2C=C[C@H]1C2. The molecule has 2 aliphatic rings. The molecule has 0 amide bonds. The van der Waals surface area contributed by atoms with Crippen molar-refractivity contribution < 1.29 is 19.4 Å². The van der Waals surface area contributed by atoms with Crippen LogP contribution in [0.1, 0.15) is 6.42 Å². The van der Waals surface area contributed by atoms with Crippen LogP contribution in [0.4, 0.5) is 0 Å². The molecule has 0 saturated heterocycles. The quantitative estimate of drug-likeness (QED) is 0.521. The number of carboxylic acids is 1. The Morgan fingerprint density at radius 3 is 2.36 bits per heavy atom. The van der Waals surface area contributed by atoms with Gasteiger partial charge in [0.25, 0.3) is 0 Å². The predicted molar refractivity (Wildman–Crippen MR) is 47.4 cm³/mol. The summed E-state index contributed by atoms with van der Waals surface area (Å²) in [5.74, 6) is -2.27. The van der Waals surface area contributed by atoms with Gasteiger partial charge in [-0.3, -0.25) is 9.59 Å². The Kier molecular flexibility index (Phi) is 2.06. The lowest BCUT2D eigenvalue weighted by atomic mass is 9.83. The van der Waals surface area contributed by atoms with E-state index in [1.807, 2.05) is 12.2 Å². The van der Waals surface area contributed by atoms with E-state index >= 15 is 0 Å². The zero-order valence-corrected chi connectivity index (χ0v) is 7.84. The van der Waals surface area contributed by atoms with Gasteiger partial charge in [-0.1, -0.05) is 12.2 Å². The number of esters is 1. The molecule has 0 radical (unpaired) electrons. The first-order chi connectivity index (χ1) is 6.65. The number of hydrogen-bond donors (Lipinski definition) is 1. The first-order valence-electron chi connectivity index (χ1n) is 4.64. The number of methoxy groups -OCH3 is 1. The molecular formula is C10H12O4. The summed E-state index contributed by atoms with van der Waals surface area (Å²) in [6.07, 6.45) is 4.62. The summed E-state index contributed by atoms with van der Waals surface area (Å²) in [7, 11) is 1.30. The Morgan fingerprint density at radius 2 is 1.86 bits per heavy atom. The minimum atomic E-state index is -0.891. The second kappa shape index (κ2) is 3.12. The summed E-state index contributed by atoms with van der Waals surface area (Å²) in [6, 6.07) is 0. The molecule has 4 nitrogen and oxygen atoms in total. The van der Waals surface area contributed by atoms with E-state index in [1.54, 1.807) is 0 Å². The maximum absolute atomic E-state index is 11.4. The first-order valence-corrected chi connectivity index (χ1v) is 4.64. The number of ether oxygens (including phenoxy) is 1. The fourth-order valence-corrected chi connectivity index (χ4v) is 2.62. The largest absolute Gasteiger partial charge is 0.481 e. The molecule has 0 unspecified atom stereocenters. The molecule has 4 atom stereocenters. The van der Waals surface area contributed by atoms with Crippen LogP contribution in [0, 0.1) is 23.7 Å². The van der Waals surface area contributed by atoms with Gasteiger partial charge in [-0.25, -0.2) is 0 Å². The summed E-state index contributed by atoms with van der Waals surface area (Å²) in [6.45, 7) is 0. The van der Waals surface area contributed by atoms with Crippen molar-refractivity contribution in [1.82, 2.24) is 0 Å². The van der Waals surface area contributed by atoms with Crippen molar-refractivity contribution in [3.63, 3.8) is 0 Å². The predicted octanol–water partition coefficient (Wildman–Crippen LogP) is 0.682. The van der Waals surface area contributed by atoms with Gasteiger partial charge >= 0.3 is 11.9 Å². The number of carbonyl (C=O) groups is 2. The van der Waals surface area contributed by atoms with Gasteiger partial charge in [0.15, 0.2) is 0 Å². The third-order valence-electron chi connectivity index (χ3n) is 3.22. The molecule has 2 aliphatic carbocycles. The Hall–Kier alpha value is -1.32. The molecule has 1 N–H and O–H groups in total. The molecule has 1 saturated carbocycles. The smallest absolute Gasteiger partial charge is 0.310 e. The number of carbonyl (C=O) groups excluding carboxylic acids is 1. The second-order valence-corrected chi connectivity index (χ2v) is 3.86. The van der Waals surface area contributed by atoms with Crippen LogP contribution in [0.25, 0.3) is 0 Å². The first kappa shape index (κ1) is 9.24. The lowest BCUT2D eigenvalue weighted by Crippen LogP contribution is -2.33. The van der Waals surface area contributed by atoms with E-state index in [4.69, 9.17) is 5.11 Å². The van der Waals surface area contributed by atoms with Crippen LogP contribution in [0.5, 0.6) is 0 Å². The summed E-state index contributed by atoms with van der Waals surface area (Å²) in [4.78, 5) is 22.4. The topological polar surface area (TPSA) is 63.6 Å². The molecule has 0 aromatic heterocycles. The Morgan fingerprint density at radius 1 is 1.29 bits per heavy atom. The number of carboxylic acid groups (broad SMARTS) is 1. The fourth-order valence-electron chi connectivity index (χ4n) is 2.62. The third kappa shape index (κ3) is 1.14. The maximum Gasteiger partial charge on any atom is 0.310 e. The summed E-state index contributed by atoms with van der Waals surface area (Å²) >= 11 is 0. The van der Waals surface area contributed by atoms with Crippen molar-refractivity contribution in [2.24, 2.45) is 23.7 Å². The molecule has 2 bridgehead atoms. The normalized spacial score (nSPS) is 38.6. The van der Waals surface area contributed by atoms with Gasteiger partial charge in [-0.15, -0.1) is 0 Å². The van der Waals surface area contributed by atoms with Gasteiger partial charge in [0, 0.05) is 0 Å². The minimum Gasteiger partial charge on any atom is -0.481 e. The van der Waals surface area contributed by atoms with E-state index < -0.39 is 23.8 Å². The van der Waals surface area contributed by atoms with Crippen molar-refractivity contribution in [2.75, 3.05) is 7.11 Å². The Balaban J connectivity index is 2.26. The number of allylic oxidation sites excluding steroid dienone is 2. The van der Waals surface area contributed by atoms with E-state index in [0.29, 0.717) is 0 Å². The van der Waals surface area contributed by atoms with Crippen LogP contribution < -0.4 is 0 Å². The molecule has 0 heterocycles. The van der Waals surface area contributed by atoms with Crippen molar-refractivity contribution in [1.29, 1.82) is 0 Å². The Bertz CT molecular complexity index is 307. The van der Waals surface area contributed by atoms with Gasteiger partial charge in [0.05, 0.1) is 18.9 Å². The summed E-state index contributed by atoms with van der Waals surface area (Å²) in [5.41, 5.74) is 0. The Labute approximate surface area is 81.6 Å². The van der Waals surface area contributed by atoms with Crippen LogP contribution in [-0.2, 0) is 14.3 Å². The molecule has 0 spiro atoms. The molecule has 0 aromatic carbocycles. The van der Waals surface area contributed by atoms with Gasteiger partial charge in [0.1, 0.15) is 0 Å². The van der Waals surface area contributed by atoms with Gasteiger partial charge < -0.3 is 9.84 Å². The highest BCUT2D eigenvalue weighted by molar-refractivity contribution is 5.83. The minimum absolute atomic E-state index is 0.0154. The van der Waals surface area contributed by atoms with Crippen LogP contribution in [-0.4, -0.2) is 24.2 Å². The van der Waals surface area contributed by atoms with Crippen LogP contribution in [0.2, 0.25) is 0 Å². The number of aliphatic carboxylic acids is 1. The molecule has 76 valence electrons. The van der Waals surface area contributed by atoms with Crippen molar-refractivity contribution in [3.05, 3.63) is 12.2 Å². The molecule has 2 rings (SSSR count). The van der Waals surface area contributed by atoms with Crippen molar-refractivity contribution in [3.8, 4) is 0 Å². The van der Waals surface area contributed by atoms with E-state index in [-0.39, 0.29) is 11.8 Å². The summed E-state index contributed by atoms with van der Waals surface area (Å²) < 4.78 is 4.63. The third-order valence-corrected chi connectivity index (χ3v) is 3.22. The molecule has 0 aromatic rings. The zero-order chi connectivity index (χ0) is 10.3. The highest BCUT2D eigenvalue weighted by Gasteiger charge is 2.52. The molecule has 0 aliphatic heterocycles. The standard InChI is InChI=1S/C10H12O4/c1-14-10(13)8-6-3-2-5(4-6)7(8)9(11)12/h2-3,5-8H,4H2,1H3,(H,11,12)/t5-,6+,7-,8-/m1/s1. The second-order valence-electron chi connectivity index (χ2n) is 3.86. The van der Waals surface area contributed by atoms with Gasteiger partial charge in [-0.2, -0.15) is 0 Å². The lowest BCUT2D eigenvalue weighted by molar-refractivity contribution is -0.156. The van der Waals surface area contributed by atoms with Gasteiger partial charge in [-0.05, 0) is 18.3 Å². The lowest BCUT2D eigenvalue weighted by Gasteiger charge is -2.21. The van der Waals surface area contributed by atoms with Crippen LogP contribution >= 0.6 is 0 Å². The molecular weight excluding hydrogens is 184 g/mol. The molecule has 4 heteroatoms. The maximum atomic E-state index is 11.4. The molecule has 1 fully saturated rings. The van der Waals surface area contributed by atoms with Crippen molar-refractivity contribution >= 4 is 11.9 Å². The zero-order valence-electron chi connectivity index (χ0n) is 7.84. The van der Waals surface area contributed by atoms with Crippen LogP contribution in [0.3, 0.4) is 0 Å². The fraction of sp³-hybridized carbons (Fsp3) is 0.600. The van der Waals surface area contributed by atoms with E-state index in [1.165, 1.54) is 7.11 Å². The van der Waals surface area contributed by atoms with E-state index in [0.717, 1.165) is 6.42 Å². The number of rotatable bonds is 2. The highest BCUT2D eigenvalue weighted by Crippen LogP contribution is 2.48. The van der Waals surface area contributed by atoms with E-state index in [2.05, 4.69) is 4.74 Å². The van der Waals surface area contributed by atoms with Crippen molar-refractivity contribution in [2.45, 2.75) is 6.42 Å². The average Bonchev–Trinajstić information content (AvgIpc) is 2.74. The average molecular weight is 196 g/mol. The monoisotopic (exact) mass is 196 g/mol. The number of hydrogen-bond acceptors (Lipinski definition) is 3. The molecule has 14 heavy (non-hydrogen) atoms. The number of fused-ring (bicyclic) bond motifs is 2.